The van der Waals surface area contributed by atoms with Crippen LogP contribution in [0.3, 0.4) is 0 Å². The Kier molecular flexibility index (Phi) is 5.51. The van der Waals surface area contributed by atoms with Crippen molar-refractivity contribution in [2.45, 2.75) is 31.8 Å². The van der Waals surface area contributed by atoms with E-state index < -0.39 is 5.60 Å². The summed E-state index contributed by atoms with van der Waals surface area (Å²) in [6.45, 7) is 2.88. The number of hydrogen-bond acceptors (Lipinski definition) is 6. The van der Waals surface area contributed by atoms with E-state index in [1.165, 1.54) is 7.11 Å². The van der Waals surface area contributed by atoms with E-state index in [1.807, 2.05) is 42.2 Å². The van der Waals surface area contributed by atoms with E-state index in [0.717, 1.165) is 11.4 Å². The lowest BCUT2D eigenvalue weighted by atomic mass is 9.82. The highest BCUT2D eigenvalue weighted by Crippen LogP contribution is 2.47. The molecule has 3 aromatic rings. The molecule has 2 aromatic carbocycles. The van der Waals surface area contributed by atoms with Gasteiger partial charge in [0, 0.05) is 25.9 Å². The molecule has 0 unspecified atom stereocenters. The summed E-state index contributed by atoms with van der Waals surface area (Å²) >= 11 is 0. The van der Waals surface area contributed by atoms with Crippen LogP contribution in [0.4, 0.5) is 0 Å². The third-order valence-electron chi connectivity index (χ3n) is 6.80. The maximum absolute atomic E-state index is 13.3. The van der Waals surface area contributed by atoms with E-state index in [1.54, 1.807) is 30.1 Å². The number of Topliss-reactive ketones (excluding diaryl/α,β-unsaturated/α-hetero) is 1. The van der Waals surface area contributed by atoms with Gasteiger partial charge in [-0.3, -0.25) is 9.59 Å². The topological polar surface area (TPSA) is 82.9 Å². The number of amides is 1. The number of nitrogens with zero attached hydrogens (tertiary/aromatic N) is 3. The molecular weight excluding hydrogens is 434 g/mol. The summed E-state index contributed by atoms with van der Waals surface area (Å²) in [5.41, 5.74) is 2.13. The first-order valence-electron chi connectivity index (χ1n) is 11.3. The van der Waals surface area contributed by atoms with Crippen molar-refractivity contribution in [3.8, 4) is 22.9 Å². The fourth-order valence-corrected chi connectivity index (χ4v) is 4.88. The Bertz CT molecular complexity index is 1240. The van der Waals surface area contributed by atoms with Crippen LogP contribution in [-0.4, -0.2) is 59.3 Å². The number of carbonyl (C=O) groups excluding carboxylic acids is 2. The summed E-state index contributed by atoms with van der Waals surface area (Å²) in [5.74, 6) is 1.33. The van der Waals surface area contributed by atoms with Crippen molar-refractivity contribution < 1.29 is 23.8 Å². The molecule has 0 atom stereocenters. The van der Waals surface area contributed by atoms with Crippen LogP contribution in [-0.2, 0) is 0 Å². The Morgan fingerprint density at radius 2 is 1.79 bits per heavy atom. The Labute approximate surface area is 198 Å². The minimum Gasteiger partial charge on any atom is -0.493 e. The van der Waals surface area contributed by atoms with Crippen LogP contribution in [0.2, 0.25) is 0 Å². The summed E-state index contributed by atoms with van der Waals surface area (Å²) in [5, 5.41) is 4.43. The zero-order chi connectivity index (χ0) is 23.9. The highest BCUT2D eigenvalue weighted by atomic mass is 16.5. The SMILES string of the molecule is COc1ccc2c(c1OC)OC1(CCN(C(=O)c3cnn(-c4ccccc4)c3C)CC1)CC2=O. The molecule has 0 aliphatic carbocycles. The highest BCUT2D eigenvalue weighted by molar-refractivity contribution is 6.01. The molecule has 0 N–H and O–H groups in total. The Balaban J connectivity index is 1.34. The number of methoxy groups -OCH3 is 2. The highest BCUT2D eigenvalue weighted by Gasteiger charge is 2.45. The number of para-hydroxylation sites is 1. The largest absolute Gasteiger partial charge is 0.493 e. The van der Waals surface area contributed by atoms with Gasteiger partial charge >= 0.3 is 0 Å². The normalized spacial score (nSPS) is 16.7. The Morgan fingerprint density at radius 1 is 1.06 bits per heavy atom. The molecule has 8 heteroatoms. The number of carbonyl (C=O) groups is 2. The van der Waals surface area contributed by atoms with Gasteiger partial charge in [-0.2, -0.15) is 5.10 Å². The molecule has 2 aliphatic rings. The zero-order valence-electron chi connectivity index (χ0n) is 19.5. The first-order chi connectivity index (χ1) is 16.5. The van der Waals surface area contributed by atoms with Gasteiger partial charge in [0.15, 0.2) is 17.3 Å². The number of aromatic nitrogens is 2. The fourth-order valence-electron chi connectivity index (χ4n) is 4.88. The van der Waals surface area contributed by atoms with Gasteiger partial charge < -0.3 is 19.1 Å². The quantitative estimate of drug-likeness (QED) is 0.587. The van der Waals surface area contributed by atoms with E-state index >= 15 is 0 Å². The van der Waals surface area contributed by atoms with Gasteiger partial charge in [0.1, 0.15) is 5.60 Å². The van der Waals surface area contributed by atoms with E-state index in [4.69, 9.17) is 14.2 Å². The molecule has 0 radical (unpaired) electrons. The van der Waals surface area contributed by atoms with E-state index in [9.17, 15) is 9.59 Å². The molecule has 1 fully saturated rings. The second kappa shape index (κ2) is 8.52. The summed E-state index contributed by atoms with van der Waals surface area (Å²) in [6, 6.07) is 13.2. The van der Waals surface area contributed by atoms with Gasteiger partial charge in [-0.05, 0) is 31.2 Å². The van der Waals surface area contributed by atoms with Crippen LogP contribution in [0.1, 0.15) is 45.7 Å². The van der Waals surface area contributed by atoms with Gasteiger partial charge in [-0.15, -0.1) is 0 Å². The smallest absolute Gasteiger partial charge is 0.257 e. The Hall–Kier alpha value is -3.81. The average molecular weight is 462 g/mol. The number of likely N-dealkylation sites (tertiary alicyclic amines) is 1. The van der Waals surface area contributed by atoms with Gasteiger partial charge in [-0.25, -0.2) is 4.68 Å². The third kappa shape index (κ3) is 3.59. The van der Waals surface area contributed by atoms with Crippen LogP contribution in [0.5, 0.6) is 17.2 Å². The number of hydrogen-bond donors (Lipinski definition) is 0. The lowest BCUT2D eigenvalue weighted by Gasteiger charge is -2.44. The molecule has 3 heterocycles. The maximum atomic E-state index is 13.3. The molecule has 34 heavy (non-hydrogen) atoms. The van der Waals surface area contributed by atoms with Crippen LogP contribution >= 0.6 is 0 Å². The predicted octanol–water partition coefficient (Wildman–Crippen LogP) is 3.84. The molecule has 1 spiro atoms. The average Bonchev–Trinajstić information content (AvgIpc) is 3.25. The molecule has 1 saturated heterocycles. The number of piperidine rings is 1. The lowest BCUT2D eigenvalue weighted by Crippen LogP contribution is -2.52. The summed E-state index contributed by atoms with van der Waals surface area (Å²) in [7, 11) is 3.09. The first kappa shape index (κ1) is 22.0. The number of rotatable bonds is 4. The summed E-state index contributed by atoms with van der Waals surface area (Å²) in [6.07, 6.45) is 3.01. The third-order valence-corrected chi connectivity index (χ3v) is 6.80. The number of benzene rings is 2. The van der Waals surface area contributed by atoms with Crippen molar-refractivity contribution in [1.82, 2.24) is 14.7 Å². The maximum Gasteiger partial charge on any atom is 0.257 e. The van der Waals surface area contributed by atoms with E-state index in [-0.39, 0.29) is 18.1 Å². The molecule has 5 rings (SSSR count). The van der Waals surface area contributed by atoms with Crippen molar-refractivity contribution >= 4 is 11.7 Å². The van der Waals surface area contributed by atoms with Crippen molar-refractivity contribution in [2.75, 3.05) is 27.3 Å². The van der Waals surface area contributed by atoms with Crippen LogP contribution in [0, 0.1) is 6.92 Å². The summed E-state index contributed by atoms with van der Waals surface area (Å²) in [4.78, 5) is 28.1. The molecular formula is C26H27N3O5. The van der Waals surface area contributed by atoms with Crippen molar-refractivity contribution in [3.63, 3.8) is 0 Å². The minimum absolute atomic E-state index is 0.0157. The van der Waals surface area contributed by atoms with Crippen LogP contribution in [0.25, 0.3) is 5.69 Å². The second-order valence-electron chi connectivity index (χ2n) is 8.75. The van der Waals surface area contributed by atoms with E-state index in [2.05, 4.69) is 5.10 Å². The van der Waals surface area contributed by atoms with Crippen LogP contribution < -0.4 is 14.2 Å². The molecule has 0 bridgehead atoms. The number of ether oxygens (including phenoxy) is 3. The fraction of sp³-hybridized carbons (Fsp3) is 0.346. The molecule has 1 amide bonds. The molecule has 176 valence electrons. The molecule has 0 saturated carbocycles. The minimum atomic E-state index is -0.663. The zero-order valence-corrected chi connectivity index (χ0v) is 19.5. The number of ketones is 1. The van der Waals surface area contributed by atoms with Gasteiger partial charge in [0.05, 0.1) is 49.3 Å². The standard InChI is InChI=1S/C26H27N3O5/c1-17-20(16-27-29(17)18-7-5-4-6-8-18)25(31)28-13-11-26(12-14-28)15-21(30)19-9-10-22(32-2)24(33-3)23(19)34-26/h4-10,16H,11-15H2,1-3H3. The summed E-state index contributed by atoms with van der Waals surface area (Å²) < 4.78 is 19.1. The van der Waals surface area contributed by atoms with Gasteiger partial charge in [-0.1, -0.05) is 18.2 Å². The van der Waals surface area contributed by atoms with Crippen molar-refractivity contribution in [2.24, 2.45) is 0 Å². The van der Waals surface area contributed by atoms with Gasteiger partial charge in [0.2, 0.25) is 5.75 Å². The number of fused-ring (bicyclic) bond motifs is 1. The predicted molar refractivity (Wildman–Crippen MR) is 125 cm³/mol. The van der Waals surface area contributed by atoms with Crippen LogP contribution in [0.15, 0.2) is 48.7 Å². The van der Waals surface area contributed by atoms with E-state index in [0.29, 0.717) is 54.3 Å². The second-order valence-corrected chi connectivity index (χ2v) is 8.75. The molecule has 1 aromatic heterocycles. The molecule has 2 aliphatic heterocycles. The van der Waals surface area contributed by atoms with Crippen molar-refractivity contribution in [3.05, 3.63) is 65.5 Å². The van der Waals surface area contributed by atoms with Crippen molar-refractivity contribution in [1.29, 1.82) is 0 Å². The van der Waals surface area contributed by atoms with Gasteiger partial charge in [0.25, 0.3) is 5.91 Å². The first-order valence-corrected chi connectivity index (χ1v) is 11.3. The Morgan fingerprint density at radius 3 is 2.47 bits per heavy atom. The lowest BCUT2D eigenvalue weighted by molar-refractivity contribution is -0.00747. The molecule has 8 nitrogen and oxygen atoms in total. The monoisotopic (exact) mass is 461 g/mol.